The van der Waals surface area contributed by atoms with Gasteiger partial charge in [0.2, 0.25) is 0 Å². The van der Waals surface area contributed by atoms with Gasteiger partial charge in [0, 0.05) is 37.8 Å². The summed E-state index contributed by atoms with van der Waals surface area (Å²) in [5, 5.41) is 11.5. The molecule has 0 aromatic heterocycles. The number of rotatable bonds is 3. The molecule has 0 spiro atoms. The van der Waals surface area contributed by atoms with Crippen LogP contribution in [0.3, 0.4) is 0 Å². The molecule has 2 saturated carbocycles. The van der Waals surface area contributed by atoms with Gasteiger partial charge in [-0.2, -0.15) is 0 Å². The van der Waals surface area contributed by atoms with Gasteiger partial charge in [-0.15, -0.1) is 6.42 Å². The van der Waals surface area contributed by atoms with Gasteiger partial charge in [0.25, 0.3) is 0 Å². The Hall–Kier alpha value is -2.85. The number of benzene rings is 1. The number of aryl methyl sites for hydroxylation is 1. The van der Waals surface area contributed by atoms with Gasteiger partial charge in [-0.25, -0.2) is 0 Å². The van der Waals surface area contributed by atoms with E-state index in [-0.39, 0.29) is 17.8 Å². The van der Waals surface area contributed by atoms with Crippen LogP contribution in [0.1, 0.15) is 70.4 Å². The number of esters is 3. The van der Waals surface area contributed by atoms with Crippen molar-refractivity contribution in [3.05, 3.63) is 23.3 Å². The summed E-state index contributed by atoms with van der Waals surface area (Å²) in [5.41, 5.74) is -0.178. The molecule has 0 bridgehead atoms. The van der Waals surface area contributed by atoms with Crippen molar-refractivity contribution >= 4 is 17.9 Å². The second kappa shape index (κ2) is 8.18. The van der Waals surface area contributed by atoms with Gasteiger partial charge >= 0.3 is 17.9 Å². The molecule has 0 saturated heterocycles. The second-order valence-electron chi connectivity index (χ2n) is 9.80. The van der Waals surface area contributed by atoms with Crippen molar-refractivity contribution in [2.45, 2.75) is 77.4 Å². The number of ether oxygens (including phenoxy) is 3. The van der Waals surface area contributed by atoms with Gasteiger partial charge in [-0.1, -0.05) is 12.8 Å². The van der Waals surface area contributed by atoms with E-state index in [4.69, 9.17) is 20.6 Å². The van der Waals surface area contributed by atoms with Crippen LogP contribution in [0.25, 0.3) is 0 Å². The van der Waals surface area contributed by atoms with E-state index >= 15 is 0 Å². The summed E-state index contributed by atoms with van der Waals surface area (Å²) in [6.07, 6.45) is 8.48. The van der Waals surface area contributed by atoms with Crippen molar-refractivity contribution in [1.82, 2.24) is 0 Å². The Morgan fingerprint density at radius 3 is 2.39 bits per heavy atom. The largest absolute Gasteiger partial charge is 0.458 e. The number of terminal acetylenes is 1. The zero-order chi connectivity index (χ0) is 24.1. The van der Waals surface area contributed by atoms with Gasteiger partial charge in [-0.05, 0) is 61.5 Å². The Kier molecular flexibility index (Phi) is 5.78. The van der Waals surface area contributed by atoms with Gasteiger partial charge < -0.3 is 19.3 Å². The Morgan fingerprint density at radius 2 is 1.79 bits per heavy atom. The molecule has 33 heavy (non-hydrogen) atoms. The molecule has 1 aromatic rings. The monoisotopic (exact) mass is 454 g/mol. The fourth-order valence-electron chi connectivity index (χ4n) is 6.71. The molecule has 6 atom stereocenters. The average Bonchev–Trinajstić information content (AvgIpc) is 2.94. The molecular formula is C26H30O7. The first-order valence-corrected chi connectivity index (χ1v) is 11.4. The molecule has 0 heterocycles. The lowest BCUT2D eigenvalue weighted by atomic mass is 9.53. The van der Waals surface area contributed by atoms with Crippen molar-refractivity contribution in [3.8, 4) is 23.8 Å². The number of aliphatic hydroxyl groups is 1. The molecule has 0 radical (unpaired) electrons. The minimum Gasteiger partial charge on any atom is -0.458 e. The van der Waals surface area contributed by atoms with Gasteiger partial charge in [0.05, 0.1) is 0 Å². The molecule has 0 amide bonds. The molecule has 1 aromatic carbocycles. The number of hydrogen-bond donors (Lipinski definition) is 1. The molecule has 7 nitrogen and oxygen atoms in total. The number of fused-ring (bicyclic) bond motifs is 5. The van der Waals surface area contributed by atoms with Crippen molar-refractivity contribution < 1.29 is 33.7 Å². The predicted octanol–water partition coefficient (Wildman–Crippen LogP) is 3.30. The van der Waals surface area contributed by atoms with E-state index < -0.39 is 35.0 Å². The Balaban J connectivity index is 1.75. The third-order valence-corrected chi connectivity index (χ3v) is 7.99. The first kappa shape index (κ1) is 23.3. The number of carbonyl (C=O) groups is 3. The van der Waals surface area contributed by atoms with E-state index in [1.54, 1.807) is 6.07 Å². The van der Waals surface area contributed by atoms with E-state index in [0.717, 1.165) is 24.0 Å². The molecular weight excluding hydrogens is 424 g/mol. The standard InChI is InChI=1S/C26H30O7/c1-6-26(30)23(33-16(4)29)13-21-19-8-7-17-11-18(31-14(2)27)12-22(32-15(3)28)24(17)20(19)9-10-25(21,26)5/h1,11-12,19-21,23,30H,7-10,13H2,2-5H3/t19-,20-,21-,23+,25-,26-/m0/s1. The van der Waals surface area contributed by atoms with E-state index in [0.29, 0.717) is 30.8 Å². The van der Waals surface area contributed by atoms with E-state index in [9.17, 15) is 19.5 Å². The molecule has 2 fully saturated rings. The molecule has 1 N–H and O–H groups in total. The van der Waals surface area contributed by atoms with Crippen LogP contribution < -0.4 is 9.47 Å². The highest BCUT2D eigenvalue weighted by Crippen LogP contribution is 2.65. The Bertz CT molecular complexity index is 1050. The average molecular weight is 455 g/mol. The minimum absolute atomic E-state index is 0.0353. The Morgan fingerprint density at radius 1 is 1.09 bits per heavy atom. The van der Waals surface area contributed by atoms with Gasteiger partial charge in [0.1, 0.15) is 17.6 Å². The van der Waals surface area contributed by atoms with Crippen LogP contribution >= 0.6 is 0 Å². The lowest BCUT2D eigenvalue weighted by Gasteiger charge is -2.52. The zero-order valence-corrected chi connectivity index (χ0v) is 19.5. The summed E-state index contributed by atoms with van der Waals surface area (Å²) in [4.78, 5) is 35.1. The third-order valence-electron chi connectivity index (χ3n) is 7.99. The molecule has 4 rings (SSSR count). The van der Waals surface area contributed by atoms with Crippen LogP contribution in [-0.4, -0.2) is 34.7 Å². The van der Waals surface area contributed by atoms with E-state index in [2.05, 4.69) is 5.92 Å². The normalized spacial score (nSPS) is 34.2. The third kappa shape index (κ3) is 3.71. The first-order valence-electron chi connectivity index (χ1n) is 11.4. The molecule has 0 aliphatic heterocycles. The van der Waals surface area contributed by atoms with Crippen LogP contribution in [0.4, 0.5) is 0 Å². The maximum Gasteiger partial charge on any atom is 0.308 e. The number of hydrogen-bond acceptors (Lipinski definition) is 7. The minimum atomic E-state index is -1.54. The van der Waals surface area contributed by atoms with E-state index in [1.165, 1.54) is 20.8 Å². The summed E-state index contributed by atoms with van der Waals surface area (Å²) in [6.45, 7) is 6.00. The SMILES string of the molecule is C#C[C@]1(O)[C@H](OC(C)=O)C[C@H]2[C@H]3CCc4cc(OC(C)=O)cc(OC(C)=O)c4[C@H]3CC[C@@]21C. The Labute approximate surface area is 193 Å². The first-order chi connectivity index (χ1) is 15.5. The molecule has 3 aliphatic rings. The molecule has 0 unspecified atom stereocenters. The topological polar surface area (TPSA) is 99.1 Å². The highest BCUT2D eigenvalue weighted by Gasteiger charge is 2.67. The lowest BCUT2D eigenvalue weighted by molar-refractivity contribution is -0.161. The predicted molar refractivity (Wildman–Crippen MR) is 118 cm³/mol. The quantitative estimate of drug-likeness (QED) is 0.425. The van der Waals surface area contributed by atoms with Crippen LogP contribution in [-0.2, 0) is 25.5 Å². The van der Waals surface area contributed by atoms with Crippen LogP contribution in [0.2, 0.25) is 0 Å². The summed E-state index contributed by atoms with van der Waals surface area (Å²) in [6, 6.07) is 3.45. The summed E-state index contributed by atoms with van der Waals surface area (Å²) < 4.78 is 16.4. The maximum absolute atomic E-state index is 11.9. The molecule has 176 valence electrons. The maximum atomic E-state index is 11.9. The van der Waals surface area contributed by atoms with Crippen molar-refractivity contribution in [3.63, 3.8) is 0 Å². The van der Waals surface area contributed by atoms with Crippen LogP contribution in [0.15, 0.2) is 12.1 Å². The lowest BCUT2D eigenvalue weighted by Crippen LogP contribution is -2.54. The van der Waals surface area contributed by atoms with Crippen LogP contribution in [0, 0.1) is 29.6 Å². The highest BCUT2D eigenvalue weighted by atomic mass is 16.6. The smallest absolute Gasteiger partial charge is 0.308 e. The fourth-order valence-corrected chi connectivity index (χ4v) is 6.71. The zero-order valence-electron chi connectivity index (χ0n) is 19.5. The molecule has 3 aliphatic carbocycles. The van der Waals surface area contributed by atoms with Crippen molar-refractivity contribution in [2.75, 3.05) is 0 Å². The highest BCUT2D eigenvalue weighted by molar-refractivity contribution is 5.72. The molecule has 7 heteroatoms. The van der Waals surface area contributed by atoms with Gasteiger partial charge in [-0.3, -0.25) is 14.4 Å². The summed E-state index contributed by atoms with van der Waals surface area (Å²) in [7, 11) is 0. The van der Waals surface area contributed by atoms with Gasteiger partial charge in [0.15, 0.2) is 5.60 Å². The van der Waals surface area contributed by atoms with Crippen molar-refractivity contribution in [2.24, 2.45) is 17.3 Å². The number of carbonyl (C=O) groups excluding carboxylic acids is 3. The summed E-state index contributed by atoms with van der Waals surface area (Å²) in [5.74, 6) is 2.29. The summed E-state index contributed by atoms with van der Waals surface area (Å²) >= 11 is 0. The van der Waals surface area contributed by atoms with Crippen LogP contribution in [0.5, 0.6) is 11.5 Å². The second-order valence-corrected chi connectivity index (χ2v) is 9.80. The fraction of sp³-hybridized carbons (Fsp3) is 0.577. The van der Waals surface area contributed by atoms with E-state index in [1.807, 2.05) is 13.0 Å². The van der Waals surface area contributed by atoms with Crippen molar-refractivity contribution in [1.29, 1.82) is 0 Å².